The minimum atomic E-state index is -0.522. The van der Waals surface area contributed by atoms with Gasteiger partial charge < -0.3 is 25.7 Å². The van der Waals surface area contributed by atoms with E-state index in [1.807, 2.05) is 32.2 Å². The van der Waals surface area contributed by atoms with Crippen LogP contribution in [0.5, 0.6) is 5.75 Å². The van der Waals surface area contributed by atoms with Gasteiger partial charge in [0.2, 0.25) is 5.28 Å². The molecule has 0 saturated carbocycles. The average Bonchev–Trinajstić information content (AvgIpc) is 3.07. The van der Waals surface area contributed by atoms with Gasteiger partial charge >= 0.3 is 0 Å². The molecule has 0 spiro atoms. The summed E-state index contributed by atoms with van der Waals surface area (Å²) in [6.45, 7) is 9.50. The van der Waals surface area contributed by atoms with Crippen molar-refractivity contribution in [3.05, 3.63) is 76.9 Å². The summed E-state index contributed by atoms with van der Waals surface area (Å²) in [7, 11) is 3.03. The first kappa shape index (κ1) is 29.7. The lowest BCUT2D eigenvalue weighted by Crippen LogP contribution is -2.33. The zero-order valence-electron chi connectivity index (χ0n) is 24.1. The van der Waals surface area contributed by atoms with Gasteiger partial charge in [0, 0.05) is 72.1 Å². The first-order valence-corrected chi connectivity index (χ1v) is 15.6. The Bertz CT molecular complexity index is 1420. The number of nitrogens with one attached hydrogen (secondary N) is 1. The highest BCUT2D eigenvalue weighted by molar-refractivity contribution is 7.65. The third kappa shape index (κ3) is 6.52. The first-order chi connectivity index (χ1) is 19.1. The molecule has 1 aromatic heterocycles. The molecule has 212 valence electrons. The van der Waals surface area contributed by atoms with Crippen molar-refractivity contribution in [1.29, 1.82) is 0 Å². The summed E-state index contributed by atoms with van der Waals surface area (Å²) in [6.07, 6.45) is 7.89. The van der Waals surface area contributed by atoms with E-state index in [0.29, 0.717) is 23.3 Å². The van der Waals surface area contributed by atoms with Gasteiger partial charge in [0.25, 0.3) is 0 Å². The smallest absolute Gasteiger partial charge is 0.224 e. The molecule has 1 aliphatic rings. The minimum Gasteiger partial charge on any atom is -0.495 e. The van der Waals surface area contributed by atoms with Crippen molar-refractivity contribution in [2.24, 2.45) is 5.84 Å². The third-order valence-electron chi connectivity index (χ3n) is 7.07. The van der Waals surface area contributed by atoms with Crippen LogP contribution in [0.3, 0.4) is 0 Å². The number of aryl methyl sites for hydroxylation is 1. The van der Waals surface area contributed by atoms with Crippen LogP contribution in [0.4, 0.5) is 22.9 Å². The van der Waals surface area contributed by atoms with Crippen molar-refractivity contribution in [2.45, 2.75) is 33.2 Å². The number of rotatable bonds is 9. The number of nitrogens with zero attached hydrogens (tertiary/aromatic N) is 4. The summed E-state index contributed by atoms with van der Waals surface area (Å²) in [5, 5.41) is 6.68. The second-order valence-electron chi connectivity index (χ2n) is 10.2. The highest BCUT2D eigenvalue weighted by atomic mass is 35.5. The van der Waals surface area contributed by atoms with E-state index in [1.165, 1.54) is 5.30 Å². The topological polar surface area (TPSA) is 106 Å². The van der Waals surface area contributed by atoms with Gasteiger partial charge in [-0.1, -0.05) is 38.3 Å². The Morgan fingerprint density at radius 3 is 2.73 bits per heavy atom. The quantitative estimate of drug-likeness (QED) is 0.0946. The Morgan fingerprint density at radius 2 is 2.02 bits per heavy atom. The van der Waals surface area contributed by atoms with Crippen LogP contribution in [0.25, 0.3) is 5.57 Å². The summed E-state index contributed by atoms with van der Waals surface area (Å²) in [4.78, 5) is 10.8. The van der Waals surface area contributed by atoms with Crippen LogP contribution in [0.15, 0.2) is 60.4 Å². The fourth-order valence-electron chi connectivity index (χ4n) is 4.96. The van der Waals surface area contributed by atoms with Crippen LogP contribution in [0, 0.1) is 6.92 Å². The third-order valence-corrected chi connectivity index (χ3v) is 9.22. The van der Waals surface area contributed by atoms with Gasteiger partial charge in [-0.2, -0.15) is 0 Å². The Balaban J connectivity index is 1.67. The molecule has 0 bridgehead atoms. The molecule has 2 aromatic carbocycles. The predicted molar refractivity (Wildman–Crippen MR) is 171 cm³/mol. The van der Waals surface area contributed by atoms with Crippen LogP contribution in [-0.4, -0.2) is 54.5 Å². The summed E-state index contributed by atoms with van der Waals surface area (Å²) in [5.41, 5.74) is 13.3. The number of hydrazine groups is 1. The van der Waals surface area contributed by atoms with Crippen LogP contribution in [0.1, 0.15) is 31.4 Å². The molecule has 8 nitrogen and oxygen atoms in total. The van der Waals surface area contributed by atoms with Crippen LogP contribution in [0.2, 0.25) is 5.28 Å². The largest absolute Gasteiger partial charge is 0.495 e. The van der Waals surface area contributed by atoms with Crippen molar-refractivity contribution >= 4 is 53.3 Å². The van der Waals surface area contributed by atoms with Gasteiger partial charge in [-0.3, -0.25) is 0 Å². The molecule has 3 aromatic rings. The zero-order valence-corrected chi connectivity index (χ0v) is 25.7. The predicted octanol–water partition coefficient (Wildman–Crippen LogP) is 5.90. The lowest BCUT2D eigenvalue weighted by atomic mass is 9.99. The van der Waals surface area contributed by atoms with Crippen LogP contribution < -0.4 is 31.8 Å². The molecule has 1 atom stereocenters. The van der Waals surface area contributed by atoms with Crippen molar-refractivity contribution in [3.8, 4) is 5.75 Å². The van der Waals surface area contributed by atoms with Gasteiger partial charge in [-0.25, -0.2) is 15.8 Å². The molecule has 2 heterocycles. The lowest BCUT2D eigenvalue weighted by Gasteiger charge is -2.30. The van der Waals surface area contributed by atoms with E-state index >= 15 is 0 Å². The number of nitrogen functional groups attached to an aromatic ring is 1. The number of nitrogens with two attached hydrogens (primary N) is 2. The van der Waals surface area contributed by atoms with E-state index in [2.05, 4.69) is 71.0 Å². The van der Waals surface area contributed by atoms with Crippen molar-refractivity contribution < 1.29 is 4.74 Å². The standard InChI is InChI=1S/C30H39ClN7OP/c1-19(2)38-14-13-25(37(4)33)21(22-16-23(32)27(39-5)17-26(22)38)10-9-15-40(6)28-12-8-7-11-24(28)35-29-20(3)18-34-30(31)36-29/h7-12,16-19H,13-15,32-33H2,1-6H3,(H,34,35,36)/b10-9+. The van der Waals surface area contributed by atoms with Gasteiger partial charge in [-0.05, 0) is 62.6 Å². The Labute approximate surface area is 243 Å². The molecule has 1 aliphatic heterocycles. The fraction of sp³-hybridized carbons (Fsp3) is 0.333. The maximum Gasteiger partial charge on any atom is 0.224 e. The van der Waals surface area contributed by atoms with Crippen LogP contribution >= 0.6 is 19.5 Å². The van der Waals surface area contributed by atoms with Gasteiger partial charge in [-0.15, -0.1) is 0 Å². The Morgan fingerprint density at radius 1 is 1.27 bits per heavy atom. The number of fused-ring (bicyclic) bond motifs is 1. The fourth-order valence-corrected chi connectivity index (χ4v) is 6.59. The molecule has 0 aliphatic carbocycles. The molecule has 4 rings (SSSR count). The van der Waals surface area contributed by atoms with Crippen LogP contribution in [-0.2, 0) is 0 Å². The number of benzene rings is 2. The van der Waals surface area contributed by atoms with E-state index in [-0.39, 0.29) is 5.28 Å². The van der Waals surface area contributed by atoms with E-state index < -0.39 is 7.92 Å². The molecule has 40 heavy (non-hydrogen) atoms. The Hall–Kier alpha value is -3.32. The van der Waals surface area contributed by atoms with Crippen molar-refractivity contribution in [2.75, 3.05) is 49.5 Å². The average molecular weight is 580 g/mol. The molecule has 0 fully saturated rings. The Kier molecular flexibility index (Phi) is 9.56. The highest BCUT2D eigenvalue weighted by Gasteiger charge is 2.25. The lowest BCUT2D eigenvalue weighted by molar-refractivity contribution is 0.416. The number of hydrogen-bond acceptors (Lipinski definition) is 8. The summed E-state index contributed by atoms with van der Waals surface area (Å²) >= 11 is 6.06. The maximum atomic E-state index is 6.41. The number of halogens is 1. The molecule has 10 heteroatoms. The SMILES string of the molecule is COc1cc2c(cc1N)C(/C=C/CP(C)c1ccccc1Nc1nc(Cl)ncc1C)=C(N(C)N)CCN2C(C)C. The molecular formula is C30H39ClN7OP. The zero-order chi connectivity index (χ0) is 29.0. The number of aromatic nitrogens is 2. The van der Waals surface area contributed by atoms with Crippen molar-refractivity contribution in [1.82, 2.24) is 15.0 Å². The first-order valence-electron chi connectivity index (χ1n) is 13.3. The second-order valence-corrected chi connectivity index (χ2v) is 12.8. The number of anilines is 4. The molecular weight excluding hydrogens is 541 g/mol. The number of ether oxygens (including phenoxy) is 1. The number of para-hydroxylation sites is 1. The van der Waals surface area contributed by atoms with E-state index in [9.17, 15) is 0 Å². The van der Waals surface area contributed by atoms with Gasteiger partial charge in [0.05, 0.1) is 12.8 Å². The van der Waals surface area contributed by atoms with E-state index in [1.54, 1.807) is 18.3 Å². The van der Waals surface area contributed by atoms with E-state index in [0.717, 1.165) is 52.9 Å². The van der Waals surface area contributed by atoms with E-state index in [4.69, 9.17) is 27.9 Å². The maximum absolute atomic E-state index is 6.41. The van der Waals surface area contributed by atoms with Gasteiger partial charge in [0.15, 0.2) is 0 Å². The van der Waals surface area contributed by atoms with Gasteiger partial charge in [0.1, 0.15) is 11.6 Å². The molecule has 0 amide bonds. The number of methoxy groups -OCH3 is 1. The van der Waals surface area contributed by atoms with Crippen molar-refractivity contribution in [3.63, 3.8) is 0 Å². The number of allylic oxidation sites excluding steroid dienone is 3. The monoisotopic (exact) mass is 579 g/mol. The molecule has 5 N–H and O–H groups in total. The number of hydrogen-bond donors (Lipinski definition) is 3. The summed E-state index contributed by atoms with van der Waals surface area (Å²) in [5.74, 6) is 7.77. The second kappa shape index (κ2) is 12.9. The summed E-state index contributed by atoms with van der Waals surface area (Å²) in [6, 6.07) is 12.7. The highest BCUT2D eigenvalue weighted by Crippen LogP contribution is 2.42. The summed E-state index contributed by atoms with van der Waals surface area (Å²) < 4.78 is 5.58. The normalized spacial score (nSPS) is 14.4. The molecule has 0 saturated heterocycles. The molecule has 0 radical (unpaired) electrons. The minimum absolute atomic E-state index is 0.221. The molecule has 1 unspecified atom stereocenters.